The lowest BCUT2D eigenvalue weighted by molar-refractivity contribution is 0.0697. The summed E-state index contributed by atoms with van der Waals surface area (Å²) in [5.74, 6) is -0.859. The first kappa shape index (κ1) is 14.3. The Morgan fingerprint density at radius 3 is 2.24 bits per heavy atom. The lowest BCUT2D eigenvalue weighted by atomic mass is 9.90. The quantitative estimate of drug-likeness (QED) is 0.813. The highest BCUT2D eigenvalue weighted by Gasteiger charge is 2.22. The number of nitrogens with one attached hydrogen (secondary N) is 1. The second-order valence-corrected chi connectivity index (χ2v) is 6.19. The molecule has 0 saturated heterocycles. The first-order valence-corrected chi connectivity index (χ1v) is 7.98. The van der Waals surface area contributed by atoms with Gasteiger partial charge < -0.3 is 10.4 Å². The van der Waals surface area contributed by atoms with E-state index in [0.717, 1.165) is 13.0 Å². The highest BCUT2D eigenvalue weighted by Crippen LogP contribution is 2.38. The summed E-state index contributed by atoms with van der Waals surface area (Å²) in [6.45, 7) is 0.975. The fraction of sp³-hybridized carbons (Fsp3) is 0.500. The van der Waals surface area contributed by atoms with E-state index in [2.05, 4.69) is 5.32 Å². The fourth-order valence-corrected chi connectivity index (χ4v) is 3.17. The standard InChI is InChI=1S/C18H23NO2/c20-18(21)16-3-1-13(2-4-16)11-12-19-17-9-7-15(8-10-17)14-5-6-14/h1-4,17,19H,5-12H2,(H,20,21). The van der Waals surface area contributed by atoms with Crippen molar-refractivity contribution in [2.24, 2.45) is 0 Å². The fourth-order valence-electron chi connectivity index (χ4n) is 3.17. The zero-order valence-electron chi connectivity index (χ0n) is 12.4. The number of allylic oxidation sites excluding steroid dienone is 2. The Balaban J connectivity index is 1.40. The molecule has 3 nitrogen and oxygen atoms in total. The van der Waals surface area contributed by atoms with Gasteiger partial charge in [-0.25, -0.2) is 4.79 Å². The number of benzene rings is 1. The van der Waals surface area contributed by atoms with E-state index in [1.165, 1.54) is 44.1 Å². The molecular weight excluding hydrogens is 262 g/mol. The molecule has 2 fully saturated rings. The molecule has 0 radical (unpaired) electrons. The predicted octanol–water partition coefficient (Wildman–Crippen LogP) is 3.55. The molecule has 21 heavy (non-hydrogen) atoms. The summed E-state index contributed by atoms with van der Waals surface area (Å²) in [6, 6.07) is 7.87. The van der Waals surface area contributed by atoms with Gasteiger partial charge in [0.2, 0.25) is 0 Å². The summed E-state index contributed by atoms with van der Waals surface area (Å²) >= 11 is 0. The Hall–Kier alpha value is -1.61. The van der Waals surface area contributed by atoms with Crippen molar-refractivity contribution in [2.75, 3.05) is 6.54 Å². The van der Waals surface area contributed by atoms with Crippen LogP contribution in [0.3, 0.4) is 0 Å². The van der Waals surface area contributed by atoms with Crippen molar-refractivity contribution < 1.29 is 9.90 Å². The van der Waals surface area contributed by atoms with Crippen LogP contribution in [0, 0.1) is 0 Å². The van der Waals surface area contributed by atoms with Crippen LogP contribution in [0.2, 0.25) is 0 Å². The summed E-state index contributed by atoms with van der Waals surface area (Å²) in [5.41, 5.74) is 5.05. The average Bonchev–Trinajstić information content (AvgIpc) is 3.33. The number of hydrogen-bond acceptors (Lipinski definition) is 2. The second-order valence-electron chi connectivity index (χ2n) is 6.19. The third kappa shape index (κ3) is 3.94. The van der Waals surface area contributed by atoms with Crippen molar-refractivity contribution >= 4 is 5.97 Å². The molecule has 0 aliphatic heterocycles. The molecule has 0 atom stereocenters. The normalized spacial score (nSPS) is 21.4. The molecule has 2 N–H and O–H groups in total. The van der Waals surface area contributed by atoms with Crippen molar-refractivity contribution in [3.63, 3.8) is 0 Å². The van der Waals surface area contributed by atoms with E-state index in [-0.39, 0.29) is 0 Å². The molecule has 2 aliphatic rings. The third-order valence-electron chi connectivity index (χ3n) is 4.64. The van der Waals surface area contributed by atoms with Crippen molar-refractivity contribution in [2.45, 2.75) is 51.0 Å². The van der Waals surface area contributed by atoms with Crippen LogP contribution in [0.1, 0.15) is 54.4 Å². The van der Waals surface area contributed by atoms with Crippen molar-refractivity contribution in [1.82, 2.24) is 5.32 Å². The van der Waals surface area contributed by atoms with Gasteiger partial charge in [-0.2, -0.15) is 0 Å². The summed E-state index contributed by atoms with van der Waals surface area (Å²) in [5, 5.41) is 12.5. The minimum atomic E-state index is -0.859. The Kier molecular flexibility index (Phi) is 4.39. The Morgan fingerprint density at radius 1 is 1.05 bits per heavy atom. The van der Waals surface area contributed by atoms with Gasteiger partial charge in [0, 0.05) is 6.04 Å². The van der Waals surface area contributed by atoms with E-state index >= 15 is 0 Å². The molecule has 0 spiro atoms. The zero-order chi connectivity index (χ0) is 14.7. The topological polar surface area (TPSA) is 49.3 Å². The Bertz CT molecular complexity index is 529. The molecule has 3 heteroatoms. The van der Waals surface area contributed by atoms with Gasteiger partial charge in [0.15, 0.2) is 0 Å². The molecule has 0 unspecified atom stereocenters. The molecule has 1 aromatic rings. The molecule has 0 amide bonds. The van der Waals surface area contributed by atoms with Gasteiger partial charge in [-0.05, 0) is 69.2 Å². The Morgan fingerprint density at radius 2 is 1.67 bits per heavy atom. The minimum absolute atomic E-state index is 0.361. The van der Waals surface area contributed by atoms with Crippen molar-refractivity contribution in [3.8, 4) is 0 Å². The highest BCUT2D eigenvalue weighted by atomic mass is 16.4. The molecular formula is C18H23NO2. The number of rotatable bonds is 5. The number of hydrogen-bond donors (Lipinski definition) is 2. The van der Waals surface area contributed by atoms with Gasteiger partial charge in [-0.3, -0.25) is 0 Å². The monoisotopic (exact) mass is 285 g/mol. The van der Waals surface area contributed by atoms with Crippen molar-refractivity contribution in [3.05, 3.63) is 46.5 Å². The first-order chi connectivity index (χ1) is 10.2. The van der Waals surface area contributed by atoms with Crippen LogP contribution in [0.5, 0.6) is 0 Å². The van der Waals surface area contributed by atoms with E-state index in [0.29, 0.717) is 11.6 Å². The summed E-state index contributed by atoms with van der Waals surface area (Å²) in [4.78, 5) is 10.8. The average molecular weight is 285 g/mol. The molecule has 0 bridgehead atoms. The number of carboxylic acids is 1. The van der Waals surface area contributed by atoms with E-state index in [1.54, 1.807) is 23.3 Å². The van der Waals surface area contributed by atoms with Gasteiger partial charge in [0.25, 0.3) is 0 Å². The van der Waals surface area contributed by atoms with Gasteiger partial charge in [0.05, 0.1) is 5.56 Å². The largest absolute Gasteiger partial charge is 0.478 e. The molecule has 112 valence electrons. The van der Waals surface area contributed by atoms with E-state index in [4.69, 9.17) is 5.11 Å². The van der Waals surface area contributed by atoms with Gasteiger partial charge in [-0.15, -0.1) is 0 Å². The molecule has 0 heterocycles. The molecule has 2 aliphatic carbocycles. The summed E-state index contributed by atoms with van der Waals surface area (Å²) in [7, 11) is 0. The summed E-state index contributed by atoms with van der Waals surface area (Å²) in [6.07, 6.45) is 8.82. The van der Waals surface area contributed by atoms with E-state index < -0.39 is 5.97 Å². The molecule has 0 aromatic heterocycles. The first-order valence-electron chi connectivity index (χ1n) is 7.98. The van der Waals surface area contributed by atoms with Crippen LogP contribution in [0.4, 0.5) is 0 Å². The third-order valence-corrected chi connectivity index (χ3v) is 4.64. The SMILES string of the molecule is O=C(O)c1ccc(CCNC2CCC(=C3CC3)CC2)cc1. The predicted molar refractivity (Wildman–Crippen MR) is 83.6 cm³/mol. The van der Waals surface area contributed by atoms with Crippen LogP contribution in [-0.2, 0) is 6.42 Å². The second kappa shape index (κ2) is 6.44. The zero-order valence-corrected chi connectivity index (χ0v) is 12.4. The maximum atomic E-state index is 10.8. The summed E-state index contributed by atoms with van der Waals surface area (Å²) < 4.78 is 0. The lowest BCUT2D eigenvalue weighted by Gasteiger charge is -2.25. The van der Waals surface area contributed by atoms with Gasteiger partial charge in [0.1, 0.15) is 0 Å². The van der Waals surface area contributed by atoms with Crippen LogP contribution in [-0.4, -0.2) is 23.7 Å². The van der Waals surface area contributed by atoms with E-state index in [1.807, 2.05) is 12.1 Å². The number of carboxylic acid groups (broad SMARTS) is 1. The van der Waals surface area contributed by atoms with Crippen LogP contribution >= 0.6 is 0 Å². The highest BCUT2D eigenvalue weighted by molar-refractivity contribution is 5.87. The van der Waals surface area contributed by atoms with Crippen molar-refractivity contribution in [1.29, 1.82) is 0 Å². The smallest absolute Gasteiger partial charge is 0.335 e. The lowest BCUT2D eigenvalue weighted by Crippen LogP contribution is -2.33. The number of carbonyl (C=O) groups is 1. The molecule has 3 rings (SSSR count). The maximum absolute atomic E-state index is 10.8. The van der Waals surface area contributed by atoms with Crippen LogP contribution in [0.15, 0.2) is 35.4 Å². The van der Waals surface area contributed by atoms with Gasteiger partial charge in [-0.1, -0.05) is 23.3 Å². The molecule has 1 aromatic carbocycles. The number of aromatic carboxylic acids is 1. The molecule has 2 saturated carbocycles. The van der Waals surface area contributed by atoms with Crippen LogP contribution in [0.25, 0.3) is 0 Å². The maximum Gasteiger partial charge on any atom is 0.335 e. The van der Waals surface area contributed by atoms with Crippen LogP contribution < -0.4 is 5.32 Å². The van der Waals surface area contributed by atoms with E-state index in [9.17, 15) is 4.79 Å². The van der Waals surface area contributed by atoms with Gasteiger partial charge >= 0.3 is 5.97 Å². The minimum Gasteiger partial charge on any atom is -0.478 e. The Labute approximate surface area is 126 Å².